The van der Waals surface area contributed by atoms with Crippen LogP contribution in [0.15, 0.2) is 41.3 Å². The van der Waals surface area contributed by atoms with Crippen LogP contribution in [0.3, 0.4) is 0 Å². The quantitative estimate of drug-likeness (QED) is 0.549. The van der Waals surface area contributed by atoms with Crippen LogP contribution in [0, 0.1) is 5.41 Å². The Labute approximate surface area is 179 Å². The molecule has 6 heteroatoms. The lowest BCUT2D eigenvalue weighted by Crippen LogP contribution is -2.29. The van der Waals surface area contributed by atoms with Crippen LogP contribution in [0.2, 0.25) is 5.02 Å². The lowest BCUT2D eigenvalue weighted by atomic mass is 9.87. The third-order valence-corrected chi connectivity index (χ3v) is 6.96. The van der Waals surface area contributed by atoms with Crippen LogP contribution in [0.5, 0.6) is 5.75 Å². The molecule has 0 unspecified atom stereocenters. The molecule has 1 aliphatic heterocycles. The van der Waals surface area contributed by atoms with E-state index >= 15 is 0 Å². The molecule has 152 valence electrons. The van der Waals surface area contributed by atoms with Crippen LogP contribution in [-0.2, 0) is 28.9 Å². The van der Waals surface area contributed by atoms with Gasteiger partial charge in [0.05, 0.1) is 18.0 Å². The van der Waals surface area contributed by atoms with E-state index < -0.39 is 5.41 Å². The minimum Gasteiger partial charge on any atom is -0.508 e. The number of aromatic nitrogens is 1. The largest absolute Gasteiger partial charge is 0.508 e. The van der Waals surface area contributed by atoms with Gasteiger partial charge in [-0.15, -0.1) is 11.8 Å². The average Bonchev–Trinajstić information content (AvgIpc) is 2.99. The van der Waals surface area contributed by atoms with Crippen molar-refractivity contribution in [2.24, 2.45) is 5.41 Å². The molecule has 29 heavy (non-hydrogen) atoms. The van der Waals surface area contributed by atoms with E-state index in [0.29, 0.717) is 23.7 Å². The highest BCUT2D eigenvalue weighted by atomic mass is 35.5. The molecule has 1 N–H and O–H groups in total. The van der Waals surface area contributed by atoms with Crippen molar-refractivity contribution in [1.82, 2.24) is 4.57 Å². The van der Waals surface area contributed by atoms with Gasteiger partial charge in [-0.05, 0) is 50.1 Å². The van der Waals surface area contributed by atoms with E-state index in [1.54, 1.807) is 17.8 Å². The van der Waals surface area contributed by atoms with Crippen molar-refractivity contribution in [3.63, 3.8) is 0 Å². The molecule has 0 aliphatic carbocycles. The fraction of sp³-hybridized carbons (Fsp3) is 0.348. The molecule has 0 spiro atoms. The van der Waals surface area contributed by atoms with Crippen molar-refractivity contribution in [3.8, 4) is 5.75 Å². The number of methoxy groups -OCH3 is 1. The lowest BCUT2D eigenvalue weighted by Gasteiger charge is -2.24. The number of phenols is 1. The van der Waals surface area contributed by atoms with Gasteiger partial charge in [-0.25, -0.2) is 0 Å². The topological polar surface area (TPSA) is 51.5 Å². The third-order valence-electron chi connectivity index (χ3n) is 5.57. The normalized spacial score (nSPS) is 13.7. The number of carbonyl (C=O) groups is 1. The number of rotatable bonds is 5. The second-order valence-electron chi connectivity index (χ2n) is 8.10. The number of halogens is 1. The Hall–Kier alpha value is -2.11. The Kier molecular flexibility index (Phi) is 5.30. The molecule has 0 saturated carbocycles. The summed E-state index contributed by atoms with van der Waals surface area (Å²) < 4.78 is 7.33. The molecule has 1 aromatic heterocycles. The number of carbonyl (C=O) groups excluding carboxylic acids is 1. The number of nitrogens with zero attached hydrogens (tertiary/aromatic N) is 1. The standard InChI is InChI=1S/C23H24ClNO3S/c1-23(2,22(27)28-3)12-18-21-20-16(10-11-29-21)19(26)9-8-17(20)25(18)13-14-4-6-15(24)7-5-14/h4-9,26H,10-13H2,1-3H3. The van der Waals surface area contributed by atoms with Gasteiger partial charge in [-0.3, -0.25) is 4.79 Å². The van der Waals surface area contributed by atoms with Crippen molar-refractivity contribution >= 4 is 40.2 Å². The van der Waals surface area contributed by atoms with E-state index in [-0.39, 0.29) is 5.97 Å². The van der Waals surface area contributed by atoms with E-state index in [1.165, 1.54) is 12.0 Å². The highest BCUT2D eigenvalue weighted by Gasteiger charge is 2.34. The van der Waals surface area contributed by atoms with Crippen molar-refractivity contribution in [2.45, 2.75) is 38.1 Å². The summed E-state index contributed by atoms with van der Waals surface area (Å²) in [5, 5.41) is 12.3. The number of phenolic OH excluding ortho intramolecular Hbond substituents is 1. The maximum Gasteiger partial charge on any atom is 0.311 e. The van der Waals surface area contributed by atoms with Gasteiger partial charge in [-0.2, -0.15) is 0 Å². The zero-order valence-corrected chi connectivity index (χ0v) is 18.4. The summed E-state index contributed by atoms with van der Waals surface area (Å²) in [4.78, 5) is 13.6. The molecule has 3 aromatic rings. The number of hydrogen-bond acceptors (Lipinski definition) is 4. The Morgan fingerprint density at radius 1 is 1.24 bits per heavy atom. The Morgan fingerprint density at radius 2 is 1.97 bits per heavy atom. The minimum absolute atomic E-state index is 0.225. The van der Waals surface area contributed by atoms with Crippen LogP contribution in [0.1, 0.15) is 30.7 Å². The highest BCUT2D eigenvalue weighted by molar-refractivity contribution is 7.99. The smallest absolute Gasteiger partial charge is 0.311 e. The van der Waals surface area contributed by atoms with Gasteiger partial charge in [0, 0.05) is 45.3 Å². The molecule has 4 nitrogen and oxygen atoms in total. The van der Waals surface area contributed by atoms with Crippen LogP contribution in [-0.4, -0.2) is 28.5 Å². The van der Waals surface area contributed by atoms with Gasteiger partial charge < -0.3 is 14.4 Å². The summed E-state index contributed by atoms with van der Waals surface area (Å²) in [6.07, 6.45) is 1.40. The fourth-order valence-corrected chi connectivity index (χ4v) is 5.43. The maximum absolute atomic E-state index is 12.4. The Bertz CT molecular complexity index is 1090. The fourth-order valence-electron chi connectivity index (χ4n) is 4.07. The first kappa shape index (κ1) is 20.2. The van der Waals surface area contributed by atoms with E-state index in [2.05, 4.69) is 4.57 Å². The number of esters is 1. The summed E-state index contributed by atoms with van der Waals surface area (Å²) >= 11 is 7.87. The molecule has 0 fully saturated rings. The van der Waals surface area contributed by atoms with Gasteiger partial charge in [0.1, 0.15) is 5.75 Å². The monoisotopic (exact) mass is 429 g/mol. The molecule has 0 amide bonds. The summed E-state index contributed by atoms with van der Waals surface area (Å²) in [5.74, 6) is 1.04. The van der Waals surface area contributed by atoms with Gasteiger partial charge >= 0.3 is 5.97 Å². The Morgan fingerprint density at radius 3 is 2.66 bits per heavy atom. The van der Waals surface area contributed by atoms with E-state index in [0.717, 1.165) is 39.9 Å². The summed E-state index contributed by atoms with van der Waals surface area (Å²) in [6, 6.07) is 11.6. The molecular weight excluding hydrogens is 406 g/mol. The number of thioether (sulfide) groups is 1. The third kappa shape index (κ3) is 3.62. The lowest BCUT2D eigenvalue weighted by molar-refractivity contribution is -0.150. The SMILES string of the molecule is COC(=O)C(C)(C)Cc1c2c3c(c(O)ccc3n1Cc1ccc(Cl)cc1)CCS2. The molecule has 2 heterocycles. The number of benzene rings is 2. The maximum atomic E-state index is 12.4. The van der Waals surface area contributed by atoms with Crippen molar-refractivity contribution in [3.05, 3.63) is 58.2 Å². The number of hydrogen-bond donors (Lipinski definition) is 1. The van der Waals surface area contributed by atoms with Crippen molar-refractivity contribution in [1.29, 1.82) is 0 Å². The molecule has 0 saturated heterocycles. The van der Waals surface area contributed by atoms with E-state index in [4.69, 9.17) is 16.3 Å². The van der Waals surface area contributed by atoms with Crippen LogP contribution in [0.4, 0.5) is 0 Å². The molecule has 2 aromatic carbocycles. The molecule has 0 atom stereocenters. The Balaban J connectivity index is 1.91. The average molecular weight is 430 g/mol. The molecule has 0 radical (unpaired) electrons. The molecular formula is C23H24ClNO3S. The van der Waals surface area contributed by atoms with Crippen LogP contribution < -0.4 is 0 Å². The van der Waals surface area contributed by atoms with E-state index in [1.807, 2.05) is 44.2 Å². The number of ether oxygens (including phenoxy) is 1. The van der Waals surface area contributed by atoms with Gasteiger partial charge in [0.2, 0.25) is 0 Å². The van der Waals surface area contributed by atoms with Crippen LogP contribution in [0.25, 0.3) is 10.9 Å². The van der Waals surface area contributed by atoms with Gasteiger partial charge in [-0.1, -0.05) is 23.7 Å². The zero-order valence-electron chi connectivity index (χ0n) is 16.8. The first-order chi connectivity index (χ1) is 13.8. The minimum atomic E-state index is -0.655. The first-order valence-corrected chi connectivity index (χ1v) is 11.0. The van der Waals surface area contributed by atoms with Crippen molar-refractivity contribution < 1.29 is 14.6 Å². The van der Waals surface area contributed by atoms with Gasteiger partial charge in [0.25, 0.3) is 0 Å². The predicted octanol–water partition coefficient (Wildman–Crippen LogP) is 5.44. The first-order valence-electron chi connectivity index (χ1n) is 9.63. The highest BCUT2D eigenvalue weighted by Crippen LogP contribution is 2.45. The summed E-state index contributed by atoms with van der Waals surface area (Å²) in [7, 11) is 1.43. The molecule has 0 bridgehead atoms. The number of aromatic hydroxyl groups is 1. The molecule has 1 aliphatic rings. The van der Waals surface area contributed by atoms with Gasteiger partial charge in [0.15, 0.2) is 0 Å². The van der Waals surface area contributed by atoms with E-state index in [9.17, 15) is 9.90 Å². The summed E-state index contributed by atoms with van der Waals surface area (Å²) in [6.45, 7) is 4.51. The second-order valence-corrected chi connectivity index (χ2v) is 9.64. The van der Waals surface area contributed by atoms with Crippen LogP contribution >= 0.6 is 23.4 Å². The van der Waals surface area contributed by atoms with Crippen molar-refractivity contribution in [2.75, 3.05) is 12.9 Å². The second kappa shape index (κ2) is 7.62. The predicted molar refractivity (Wildman–Crippen MR) is 118 cm³/mol. The molecule has 4 rings (SSSR count). The summed E-state index contributed by atoms with van der Waals surface area (Å²) in [5.41, 5.74) is 3.68. The number of aryl methyl sites for hydroxylation is 1. The zero-order chi connectivity index (χ0) is 20.8.